The molecule has 2 N–H and O–H groups in total. The van der Waals surface area contributed by atoms with Gasteiger partial charge in [-0.1, -0.05) is 12.1 Å². The molecular formula is C19H20FN3O3. The minimum absolute atomic E-state index is 0.137. The maximum absolute atomic E-state index is 13.6. The van der Waals surface area contributed by atoms with E-state index in [4.69, 9.17) is 4.74 Å². The van der Waals surface area contributed by atoms with Gasteiger partial charge in [0.2, 0.25) is 0 Å². The number of anilines is 2. The number of hydrogen-bond donors (Lipinski definition) is 2. The van der Waals surface area contributed by atoms with E-state index in [1.807, 2.05) is 0 Å². The van der Waals surface area contributed by atoms with Crippen molar-refractivity contribution < 1.29 is 18.7 Å². The number of carbonyl (C=O) groups is 2. The van der Waals surface area contributed by atoms with Crippen LogP contribution in [0.5, 0.6) is 0 Å². The highest BCUT2D eigenvalue weighted by Gasteiger charge is 2.17. The zero-order valence-corrected chi connectivity index (χ0v) is 14.4. The molecule has 1 unspecified atom stereocenters. The molecule has 1 aromatic heterocycles. The first-order valence-corrected chi connectivity index (χ1v) is 8.06. The summed E-state index contributed by atoms with van der Waals surface area (Å²) in [6.45, 7) is 5.52. The number of rotatable bonds is 8. The second kappa shape index (κ2) is 9.43. The minimum atomic E-state index is -0.738. The smallest absolute Gasteiger partial charge is 0.274 e. The number of ether oxygens (including phenoxy) is 1. The Morgan fingerprint density at radius 2 is 2.08 bits per heavy atom. The van der Waals surface area contributed by atoms with Gasteiger partial charge in [-0.05, 0) is 43.7 Å². The van der Waals surface area contributed by atoms with Crippen molar-refractivity contribution in [1.29, 1.82) is 0 Å². The summed E-state index contributed by atoms with van der Waals surface area (Å²) in [5.74, 6) is -1.47. The molecule has 2 aromatic rings. The third-order valence-electron chi connectivity index (χ3n) is 3.44. The Kier molecular flexibility index (Phi) is 6.99. The Morgan fingerprint density at radius 1 is 1.27 bits per heavy atom. The van der Waals surface area contributed by atoms with Crippen LogP contribution in [0.4, 0.5) is 15.8 Å². The van der Waals surface area contributed by atoms with Crippen LogP contribution in [-0.4, -0.2) is 29.5 Å². The monoisotopic (exact) mass is 357 g/mol. The maximum Gasteiger partial charge on any atom is 0.274 e. The van der Waals surface area contributed by atoms with Crippen LogP contribution < -0.4 is 10.6 Å². The average molecular weight is 357 g/mol. The van der Waals surface area contributed by atoms with Crippen LogP contribution in [-0.2, 0) is 9.53 Å². The summed E-state index contributed by atoms with van der Waals surface area (Å²) in [7, 11) is 0. The van der Waals surface area contributed by atoms with E-state index in [-0.39, 0.29) is 17.1 Å². The first kappa shape index (κ1) is 19.3. The van der Waals surface area contributed by atoms with E-state index in [1.165, 1.54) is 18.3 Å². The van der Waals surface area contributed by atoms with Gasteiger partial charge in [0, 0.05) is 6.20 Å². The molecule has 1 aromatic carbocycles. The van der Waals surface area contributed by atoms with Crippen molar-refractivity contribution in [2.45, 2.75) is 19.4 Å². The molecule has 0 radical (unpaired) electrons. The Hall–Kier alpha value is -3.06. The Morgan fingerprint density at radius 3 is 2.77 bits per heavy atom. The second-order valence-corrected chi connectivity index (χ2v) is 5.44. The average Bonchev–Trinajstić information content (AvgIpc) is 2.64. The molecule has 0 aliphatic rings. The van der Waals surface area contributed by atoms with Gasteiger partial charge in [0.15, 0.2) is 0 Å². The second-order valence-electron chi connectivity index (χ2n) is 5.44. The first-order valence-electron chi connectivity index (χ1n) is 8.06. The van der Waals surface area contributed by atoms with E-state index in [2.05, 4.69) is 22.2 Å². The van der Waals surface area contributed by atoms with Crippen molar-refractivity contribution in [1.82, 2.24) is 4.98 Å². The van der Waals surface area contributed by atoms with Gasteiger partial charge in [-0.15, -0.1) is 6.58 Å². The van der Waals surface area contributed by atoms with Crippen LogP contribution in [0.2, 0.25) is 0 Å². The van der Waals surface area contributed by atoms with E-state index < -0.39 is 23.7 Å². The fourth-order valence-corrected chi connectivity index (χ4v) is 2.05. The maximum atomic E-state index is 13.6. The molecule has 2 rings (SSSR count). The predicted molar refractivity (Wildman–Crippen MR) is 97.4 cm³/mol. The highest BCUT2D eigenvalue weighted by atomic mass is 19.1. The normalized spacial score (nSPS) is 11.5. The number of benzene rings is 1. The first-order chi connectivity index (χ1) is 12.5. The lowest BCUT2D eigenvalue weighted by molar-refractivity contribution is -0.126. The lowest BCUT2D eigenvalue weighted by Crippen LogP contribution is -2.28. The molecule has 0 fully saturated rings. The Balaban J connectivity index is 2.10. The van der Waals surface area contributed by atoms with Crippen molar-refractivity contribution in [2.24, 2.45) is 0 Å². The van der Waals surface area contributed by atoms with Gasteiger partial charge in [-0.2, -0.15) is 0 Å². The highest BCUT2D eigenvalue weighted by molar-refractivity contribution is 6.06. The molecule has 1 atom stereocenters. The van der Waals surface area contributed by atoms with E-state index in [0.29, 0.717) is 13.0 Å². The molecule has 0 saturated carbocycles. The number of hydrogen-bond acceptors (Lipinski definition) is 4. The predicted octanol–water partition coefficient (Wildman–Crippen LogP) is 3.39. The van der Waals surface area contributed by atoms with Gasteiger partial charge in [0.05, 0.1) is 18.0 Å². The SMILES string of the molecule is C=CCCOC(C)C(=O)Nc1cc(F)ccc1NC(=O)c1ccccn1. The van der Waals surface area contributed by atoms with Crippen LogP contribution in [0.15, 0.2) is 55.3 Å². The molecule has 136 valence electrons. The molecule has 2 amide bonds. The summed E-state index contributed by atoms with van der Waals surface area (Å²) < 4.78 is 19.0. The molecule has 0 bridgehead atoms. The summed E-state index contributed by atoms with van der Waals surface area (Å²) in [6.07, 6.45) is 3.05. The number of carbonyl (C=O) groups excluding carboxylic acids is 2. The van der Waals surface area contributed by atoms with Gasteiger partial charge in [0.1, 0.15) is 17.6 Å². The molecule has 0 saturated heterocycles. The fourth-order valence-electron chi connectivity index (χ4n) is 2.05. The Labute approximate surface area is 151 Å². The standard InChI is InChI=1S/C19H20FN3O3/c1-3-4-11-26-13(2)18(24)23-17-12-14(20)8-9-15(17)22-19(25)16-7-5-6-10-21-16/h3,5-10,12-13H,1,4,11H2,2H3,(H,22,25)(H,23,24). The van der Waals surface area contributed by atoms with E-state index in [1.54, 1.807) is 31.2 Å². The van der Waals surface area contributed by atoms with E-state index in [0.717, 1.165) is 6.07 Å². The largest absolute Gasteiger partial charge is 0.368 e. The molecule has 0 spiro atoms. The number of amides is 2. The molecule has 26 heavy (non-hydrogen) atoms. The van der Waals surface area contributed by atoms with Crippen molar-refractivity contribution in [3.63, 3.8) is 0 Å². The molecule has 6 nitrogen and oxygen atoms in total. The van der Waals surface area contributed by atoms with Crippen molar-refractivity contribution >= 4 is 23.2 Å². The molecule has 1 heterocycles. The number of nitrogens with one attached hydrogen (secondary N) is 2. The van der Waals surface area contributed by atoms with Crippen LogP contribution in [0.3, 0.4) is 0 Å². The molecular weight excluding hydrogens is 337 g/mol. The minimum Gasteiger partial charge on any atom is -0.368 e. The topological polar surface area (TPSA) is 80.3 Å². The summed E-state index contributed by atoms with van der Waals surface area (Å²) in [5, 5.41) is 5.18. The summed E-state index contributed by atoms with van der Waals surface area (Å²) in [5.41, 5.74) is 0.599. The zero-order chi connectivity index (χ0) is 18.9. The summed E-state index contributed by atoms with van der Waals surface area (Å²) in [6, 6.07) is 8.60. The zero-order valence-electron chi connectivity index (χ0n) is 14.4. The van der Waals surface area contributed by atoms with E-state index >= 15 is 0 Å². The molecule has 0 aliphatic heterocycles. The summed E-state index contributed by atoms with van der Waals surface area (Å²) in [4.78, 5) is 28.4. The van der Waals surface area contributed by atoms with Crippen LogP contribution in [0, 0.1) is 5.82 Å². The van der Waals surface area contributed by atoms with Gasteiger partial charge in [-0.3, -0.25) is 14.6 Å². The number of nitrogens with zero attached hydrogens (tertiary/aromatic N) is 1. The lowest BCUT2D eigenvalue weighted by atomic mass is 10.2. The highest BCUT2D eigenvalue weighted by Crippen LogP contribution is 2.23. The van der Waals surface area contributed by atoms with Crippen molar-refractivity contribution in [3.8, 4) is 0 Å². The van der Waals surface area contributed by atoms with Gasteiger partial charge in [0.25, 0.3) is 11.8 Å². The van der Waals surface area contributed by atoms with Crippen molar-refractivity contribution in [2.75, 3.05) is 17.2 Å². The molecule has 0 aliphatic carbocycles. The van der Waals surface area contributed by atoms with Crippen LogP contribution >= 0.6 is 0 Å². The number of halogens is 1. The van der Waals surface area contributed by atoms with Crippen molar-refractivity contribution in [3.05, 3.63) is 66.8 Å². The third kappa shape index (κ3) is 5.49. The quantitative estimate of drug-likeness (QED) is 0.561. The van der Waals surface area contributed by atoms with Crippen LogP contribution in [0.25, 0.3) is 0 Å². The molecule has 7 heteroatoms. The van der Waals surface area contributed by atoms with Gasteiger partial charge in [-0.25, -0.2) is 4.39 Å². The lowest BCUT2D eigenvalue weighted by Gasteiger charge is -2.16. The number of pyridine rings is 1. The summed E-state index contributed by atoms with van der Waals surface area (Å²) >= 11 is 0. The Bertz CT molecular complexity index is 781. The number of aromatic nitrogens is 1. The fraction of sp³-hybridized carbons (Fsp3) is 0.211. The van der Waals surface area contributed by atoms with Gasteiger partial charge >= 0.3 is 0 Å². The van der Waals surface area contributed by atoms with Gasteiger partial charge < -0.3 is 15.4 Å². The third-order valence-corrected chi connectivity index (χ3v) is 3.44. The van der Waals surface area contributed by atoms with Crippen LogP contribution in [0.1, 0.15) is 23.8 Å². The van der Waals surface area contributed by atoms with E-state index in [9.17, 15) is 14.0 Å².